The first-order valence-corrected chi connectivity index (χ1v) is 7.51. The van der Waals surface area contributed by atoms with Crippen LogP contribution in [0.25, 0.3) is 0 Å². The number of nitrogens with zero attached hydrogens (tertiary/aromatic N) is 1. The van der Waals surface area contributed by atoms with E-state index in [1.807, 2.05) is 0 Å². The average Bonchev–Trinajstić information content (AvgIpc) is 2.27. The fraction of sp³-hybridized carbons (Fsp3) is 1.00. The van der Waals surface area contributed by atoms with Crippen molar-refractivity contribution in [3.8, 4) is 0 Å². The van der Waals surface area contributed by atoms with Gasteiger partial charge in [-0.2, -0.15) is 13.2 Å². The van der Waals surface area contributed by atoms with E-state index in [0.29, 0.717) is 24.5 Å². The molecule has 1 rings (SSSR count). The summed E-state index contributed by atoms with van der Waals surface area (Å²) < 4.78 is 36.2. The summed E-state index contributed by atoms with van der Waals surface area (Å²) in [5.74, 6) is 0.612. The summed E-state index contributed by atoms with van der Waals surface area (Å²) in [6.45, 7) is 8.75. The second-order valence-corrected chi connectivity index (χ2v) is 6.04. The molecule has 0 aromatic carbocycles. The minimum absolute atomic E-state index is 0.0843. The molecule has 0 aromatic heterocycles. The molecule has 0 aliphatic carbocycles. The van der Waals surface area contributed by atoms with Crippen LogP contribution in [0, 0.1) is 5.92 Å². The lowest BCUT2D eigenvalue weighted by molar-refractivity contribution is -0.0330. The van der Waals surface area contributed by atoms with E-state index in [1.165, 1.54) is 0 Å². The van der Waals surface area contributed by atoms with Crippen molar-refractivity contribution in [1.82, 2.24) is 10.2 Å². The summed E-state index contributed by atoms with van der Waals surface area (Å²) in [5, 5.41) is 3.45. The minimum atomic E-state index is -4.10. The molecule has 3 unspecified atom stereocenters. The van der Waals surface area contributed by atoms with E-state index in [2.05, 4.69) is 31.0 Å². The fourth-order valence-electron chi connectivity index (χ4n) is 2.58. The van der Waals surface area contributed by atoms with Gasteiger partial charge in [-0.05, 0) is 44.1 Å². The number of alkyl halides is 3. The summed E-state index contributed by atoms with van der Waals surface area (Å²) >= 11 is 0.0843. The lowest BCUT2D eigenvalue weighted by atomic mass is 9.87. The summed E-state index contributed by atoms with van der Waals surface area (Å²) in [4.78, 5) is 2.18. The first-order valence-electron chi connectivity index (χ1n) is 6.53. The molecular formula is C12H23F3N2S. The Morgan fingerprint density at radius 2 is 2.00 bits per heavy atom. The zero-order valence-electron chi connectivity index (χ0n) is 11.3. The van der Waals surface area contributed by atoms with Crippen LogP contribution in [0.15, 0.2) is 0 Å². The molecule has 18 heavy (non-hydrogen) atoms. The highest BCUT2D eigenvalue weighted by Crippen LogP contribution is 2.31. The largest absolute Gasteiger partial charge is 0.441 e. The molecular weight excluding hydrogens is 261 g/mol. The van der Waals surface area contributed by atoms with E-state index in [-0.39, 0.29) is 17.5 Å². The van der Waals surface area contributed by atoms with Gasteiger partial charge in [-0.3, -0.25) is 4.90 Å². The maximum atomic E-state index is 12.1. The molecule has 6 heteroatoms. The Morgan fingerprint density at radius 3 is 2.56 bits per heavy atom. The highest BCUT2D eigenvalue weighted by molar-refractivity contribution is 8.00. The summed E-state index contributed by atoms with van der Waals surface area (Å²) in [6.07, 6.45) is 1.02. The van der Waals surface area contributed by atoms with Crippen LogP contribution in [0.3, 0.4) is 0 Å². The number of rotatable bonds is 5. The fourth-order valence-corrected chi connectivity index (χ4v) is 3.14. The molecule has 1 aliphatic rings. The highest BCUT2D eigenvalue weighted by atomic mass is 32.2. The predicted molar refractivity (Wildman–Crippen MR) is 70.8 cm³/mol. The smallest absolute Gasteiger partial charge is 0.314 e. The van der Waals surface area contributed by atoms with Crippen LogP contribution in [0.5, 0.6) is 0 Å². The molecule has 0 aromatic rings. The lowest BCUT2D eigenvalue weighted by Gasteiger charge is -2.43. The van der Waals surface area contributed by atoms with Crippen molar-refractivity contribution in [1.29, 1.82) is 0 Å². The quantitative estimate of drug-likeness (QED) is 0.835. The first kappa shape index (κ1) is 16.1. The van der Waals surface area contributed by atoms with Crippen molar-refractivity contribution in [2.75, 3.05) is 25.4 Å². The zero-order chi connectivity index (χ0) is 13.8. The maximum Gasteiger partial charge on any atom is 0.441 e. The molecule has 1 fully saturated rings. The van der Waals surface area contributed by atoms with Crippen LogP contribution in [-0.2, 0) is 0 Å². The minimum Gasteiger partial charge on any atom is -0.314 e. The van der Waals surface area contributed by atoms with Gasteiger partial charge in [0.25, 0.3) is 0 Å². The number of hydrogen-bond acceptors (Lipinski definition) is 3. The van der Waals surface area contributed by atoms with E-state index in [1.54, 1.807) is 0 Å². The van der Waals surface area contributed by atoms with Gasteiger partial charge in [0, 0.05) is 24.4 Å². The van der Waals surface area contributed by atoms with Gasteiger partial charge in [-0.25, -0.2) is 0 Å². The number of nitrogens with one attached hydrogen (secondary N) is 1. The average molecular weight is 284 g/mol. The van der Waals surface area contributed by atoms with Crippen LogP contribution in [0.2, 0.25) is 0 Å². The van der Waals surface area contributed by atoms with Crippen molar-refractivity contribution in [2.45, 2.75) is 44.8 Å². The molecule has 108 valence electrons. The van der Waals surface area contributed by atoms with Gasteiger partial charge < -0.3 is 5.32 Å². The van der Waals surface area contributed by atoms with E-state index >= 15 is 0 Å². The van der Waals surface area contributed by atoms with Gasteiger partial charge in [-0.1, -0.05) is 13.8 Å². The molecule has 0 amide bonds. The molecule has 2 nitrogen and oxygen atoms in total. The molecule has 1 saturated heterocycles. The lowest BCUT2D eigenvalue weighted by Crippen LogP contribution is -2.53. The monoisotopic (exact) mass is 284 g/mol. The Morgan fingerprint density at radius 1 is 1.33 bits per heavy atom. The standard InChI is InChI=1S/C12H23F3N2S/c1-4-16-11-5-6-17(10(3)9(11)2)7-8-18-12(13,14)15/h9-11,16H,4-8H2,1-3H3. The highest BCUT2D eigenvalue weighted by Gasteiger charge is 2.33. The number of hydrogen-bond donors (Lipinski definition) is 1. The molecule has 0 spiro atoms. The van der Waals surface area contributed by atoms with Crippen LogP contribution in [-0.4, -0.2) is 47.9 Å². The topological polar surface area (TPSA) is 15.3 Å². The molecule has 0 bridgehead atoms. The van der Waals surface area contributed by atoms with Crippen LogP contribution in [0.4, 0.5) is 13.2 Å². The van der Waals surface area contributed by atoms with E-state index < -0.39 is 5.51 Å². The number of thioether (sulfide) groups is 1. The van der Waals surface area contributed by atoms with Crippen LogP contribution < -0.4 is 5.32 Å². The van der Waals surface area contributed by atoms with Crippen molar-refractivity contribution in [2.24, 2.45) is 5.92 Å². The SMILES string of the molecule is CCNC1CCN(CCSC(F)(F)F)C(C)C1C. The molecule has 1 heterocycles. The van der Waals surface area contributed by atoms with Crippen LogP contribution in [0.1, 0.15) is 27.2 Å². The Hall–Kier alpha value is 0.0600. The van der Waals surface area contributed by atoms with E-state index in [9.17, 15) is 13.2 Å². The van der Waals surface area contributed by atoms with Crippen molar-refractivity contribution < 1.29 is 13.2 Å². The van der Waals surface area contributed by atoms with Gasteiger partial charge in [0.1, 0.15) is 0 Å². The number of likely N-dealkylation sites (tertiary alicyclic amines) is 1. The first-order chi connectivity index (χ1) is 8.35. The van der Waals surface area contributed by atoms with Gasteiger partial charge in [0.15, 0.2) is 0 Å². The van der Waals surface area contributed by atoms with Crippen LogP contribution >= 0.6 is 11.8 Å². The molecule has 0 radical (unpaired) electrons. The third-order valence-corrected chi connectivity index (χ3v) is 4.52. The third-order valence-electron chi connectivity index (χ3n) is 3.81. The molecule has 3 atom stereocenters. The second-order valence-electron chi connectivity index (χ2n) is 4.88. The van der Waals surface area contributed by atoms with Gasteiger partial charge >= 0.3 is 5.51 Å². The molecule has 0 saturated carbocycles. The number of piperidine rings is 1. The Bertz CT molecular complexity index is 248. The normalized spacial score (nSPS) is 30.7. The predicted octanol–water partition coefficient (Wildman–Crippen LogP) is 2.95. The van der Waals surface area contributed by atoms with E-state index in [0.717, 1.165) is 19.5 Å². The summed E-state index contributed by atoms with van der Waals surface area (Å²) in [7, 11) is 0. The van der Waals surface area contributed by atoms with Crippen molar-refractivity contribution in [3.05, 3.63) is 0 Å². The zero-order valence-corrected chi connectivity index (χ0v) is 12.1. The number of halogens is 3. The Balaban J connectivity index is 2.36. The van der Waals surface area contributed by atoms with Crippen molar-refractivity contribution in [3.63, 3.8) is 0 Å². The van der Waals surface area contributed by atoms with Gasteiger partial charge in [-0.15, -0.1) is 0 Å². The summed E-state index contributed by atoms with van der Waals surface area (Å²) in [6, 6.07) is 0.841. The van der Waals surface area contributed by atoms with E-state index in [4.69, 9.17) is 0 Å². The van der Waals surface area contributed by atoms with Gasteiger partial charge in [0.05, 0.1) is 0 Å². The second kappa shape index (κ2) is 7.01. The maximum absolute atomic E-state index is 12.1. The molecule has 1 N–H and O–H groups in total. The Kier molecular flexibility index (Phi) is 6.27. The molecule has 1 aliphatic heterocycles. The summed E-state index contributed by atoms with van der Waals surface area (Å²) in [5.41, 5.74) is -4.10. The van der Waals surface area contributed by atoms with Crippen molar-refractivity contribution >= 4 is 11.8 Å². The third kappa shape index (κ3) is 4.97. The Labute approximate surface area is 112 Å². The van der Waals surface area contributed by atoms with Gasteiger partial charge in [0.2, 0.25) is 0 Å².